The smallest absolute Gasteiger partial charge is 0.235 e. The third-order valence-corrected chi connectivity index (χ3v) is 7.05. The normalized spacial score (nSPS) is 15.1. The zero-order valence-corrected chi connectivity index (χ0v) is 18.9. The maximum Gasteiger partial charge on any atom is 0.235 e. The maximum absolute atomic E-state index is 14.1. The van der Waals surface area contributed by atoms with Crippen molar-refractivity contribution in [1.82, 2.24) is 5.32 Å². The monoisotopic (exact) mass is 460 g/mol. The van der Waals surface area contributed by atoms with E-state index in [1.54, 1.807) is 37.3 Å². The van der Waals surface area contributed by atoms with Crippen molar-refractivity contribution in [2.45, 2.75) is 25.9 Å². The van der Waals surface area contributed by atoms with Gasteiger partial charge in [0.25, 0.3) is 0 Å². The number of rotatable bonds is 9. The van der Waals surface area contributed by atoms with Crippen molar-refractivity contribution in [2.75, 3.05) is 29.7 Å². The first-order chi connectivity index (χ1) is 15.3. The number of benzene rings is 2. The lowest BCUT2D eigenvalue weighted by Crippen LogP contribution is -2.34. The second-order valence-corrected chi connectivity index (χ2v) is 9.73. The summed E-state index contributed by atoms with van der Waals surface area (Å²) in [4.78, 5) is 0. The van der Waals surface area contributed by atoms with E-state index in [1.165, 1.54) is 28.6 Å². The molecule has 2 aromatic rings. The Hall–Kier alpha value is -2.91. The van der Waals surface area contributed by atoms with Crippen molar-refractivity contribution in [2.24, 2.45) is 5.73 Å². The molecular weight excluding hydrogens is 431 g/mol. The number of hydrogen-bond acceptors (Lipinski definition) is 5. The summed E-state index contributed by atoms with van der Waals surface area (Å²) < 4.78 is 46.8. The standard InChI is InChI=1S/C23H29FN4O3S/c1-2-32(29,30)28(15-3-4-17-16-18(23(25)26)5-10-22(17)24)19-6-8-20(9-7-19)31-21-11-13-27-14-12-21/h3-10,16,21,27H,2,11-15H2,1H3,(H3,25,26)/b4-3+. The molecule has 0 amide bonds. The van der Waals surface area contributed by atoms with E-state index in [2.05, 4.69) is 5.32 Å². The van der Waals surface area contributed by atoms with Crippen LogP contribution < -0.4 is 20.1 Å². The van der Waals surface area contributed by atoms with Crippen molar-refractivity contribution in [1.29, 1.82) is 5.41 Å². The Kier molecular flexibility index (Phi) is 7.87. The minimum absolute atomic E-state index is 0.0361. The topological polar surface area (TPSA) is 109 Å². The number of piperidine rings is 1. The number of anilines is 1. The molecule has 0 bridgehead atoms. The van der Waals surface area contributed by atoms with Crippen LogP contribution in [0.1, 0.15) is 30.9 Å². The van der Waals surface area contributed by atoms with Gasteiger partial charge in [0.1, 0.15) is 23.5 Å². The van der Waals surface area contributed by atoms with Crippen molar-refractivity contribution < 1.29 is 17.5 Å². The molecule has 1 aliphatic heterocycles. The fourth-order valence-electron chi connectivity index (χ4n) is 3.45. The lowest BCUT2D eigenvalue weighted by molar-refractivity contribution is 0.162. The maximum atomic E-state index is 14.1. The first-order valence-electron chi connectivity index (χ1n) is 10.6. The molecule has 0 unspecified atom stereocenters. The van der Waals surface area contributed by atoms with E-state index in [-0.39, 0.29) is 29.8 Å². The van der Waals surface area contributed by atoms with E-state index < -0.39 is 15.8 Å². The Balaban J connectivity index is 1.76. The average molecular weight is 461 g/mol. The highest BCUT2D eigenvalue weighted by atomic mass is 32.2. The number of nitrogens with one attached hydrogen (secondary N) is 2. The van der Waals surface area contributed by atoms with Crippen molar-refractivity contribution in [3.05, 3.63) is 65.5 Å². The van der Waals surface area contributed by atoms with E-state index in [9.17, 15) is 12.8 Å². The largest absolute Gasteiger partial charge is 0.490 e. The molecule has 1 saturated heterocycles. The fourth-order valence-corrected chi connectivity index (χ4v) is 4.51. The summed E-state index contributed by atoms with van der Waals surface area (Å²) in [5, 5.41) is 10.8. The third-order valence-electron chi connectivity index (χ3n) is 5.29. The molecule has 4 N–H and O–H groups in total. The lowest BCUT2D eigenvalue weighted by Gasteiger charge is -2.25. The first-order valence-corrected chi connectivity index (χ1v) is 12.2. The van der Waals surface area contributed by atoms with Crippen LogP contribution >= 0.6 is 0 Å². The molecule has 1 heterocycles. The Bertz CT molecular complexity index is 1070. The van der Waals surface area contributed by atoms with Crippen molar-refractivity contribution in [3.63, 3.8) is 0 Å². The highest BCUT2D eigenvalue weighted by molar-refractivity contribution is 7.92. The fraction of sp³-hybridized carbons (Fsp3) is 0.348. The molecular formula is C23H29FN4O3S. The minimum Gasteiger partial charge on any atom is -0.490 e. The molecule has 0 radical (unpaired) electrons. The van der Waals surface area contributed by atoms with Gasteiger partial charge < -0.3 is 15.8 Å². The number of ether oxygens (including phenoxy) is 1. The van der Waals surface area contributed by atoms with Crippen molar-refractivity contribution >= 4 is 27.6 Å². The molecule has 172 valence electrons. The number of halogens is 1. The molecule has 9 heteroatoms. The lowest BCUT2D eigenvalue weighted by atomic mass is 10.1. The Morgan fingerprint density at radius 3 is 2.56 bits per heavy atom. The second-order valence-electron chi connectivity index (χ2n) is 7.55. The summed E-state index contributed by atoms with van der Waals surface area (Å²) >= 11 is 0. The quantitative estimate of drug-likeness (QED) is 0.394. The summed E-state index contributed by atoms with van der Waals surface area (Å²) in [5.74, 6) is -0.00660. The Morgan fingerprint density at radius 2 is 1.94 bits per heavy atom. The number of hydrogen-bond donors (Lipinski definition) is 3. The van der Waals surface area contributed by atoms with Gasteiger partial charge in [-0.3, -0.25) is 9.71 Å². The molecule has 0 aliphatic carbocycles. The van der Waals surface area contributed by atoms with E-state index in [4.69, 9.17) is 15.9 Å². The van der Waals surface area contributed by atoms with Gasteiger partial charge in [0.15, 0.2) is 0 Å². The number of nitrogen functional groups attached to an aromatic ring is 1. The molecule has 0 atom stereocenters. The van der Waals surface area contributed by atoms with Crippen LogP contribution in [0.4, 0.5) is 10.1 Å². The predicted octanol–water partition coefficient (Wildman–Crippen LogP) is 3.11. The van der Waals surface area contributed by atoms with Crippen LogP contribution in [0.25, 0.3) is 6.08 Å². The molecule has 32 heavy (non-hydrogen) atoms. The Labute approximate surface area is 188 Å². The van der Waals surface area contributed by atoms with Gasteiger partial charge in [0.05, 0.1) is 18.0 Å². The van der Waals surface area contributed by atoms with Crippen LogP contribution in [-0.4, -0.2) is 45.7 Å². The predicted molar refractivity (Wildman–Crippen MR) is 126 cm³/mol. The van der Waals surface area contributed by atoms with Gasteiger partial charge in [-0.1, -0.05) is 12.2 Å². The second kappa shape index (κ2) is 10.6. The summed E-state index contributed by atoms with van der Waals surface area (Å²) in [6.07, 6.45) is 5.10. The SMILES string of the molecule is CCS(=O)(=O)N(C/C=C/c1cc(C(=N)N)ccc1F)c1ccc(OC2CCNCC2)cc1. The molecule has 7 nitrogen and oxygen atoms in total. The van der Waals surface area contributed by atoms with E-state index in [0.717, 1.165) is 25.9 Å². The van der Waals surface area contributed by atoms with E-state index in [0.29, 0.717) is 17.0 Å². The number of sulfonamides is 1. The van der Waals surface area contributed by atoms with Gasteiger partial charge in [-0.15, -0.1) is 0 Å². The molecule has 1 aliphatic rings. The van der Waals surface area contributed by atoms with Crippen LogP contribution in [0.2, 0.25) is 0 Å². The van der Waals surface area contributed by atoms with Gasteiger partial charge in [-0.05, 0) is 75.3 Å². The minimum atomic E-state index is -3.55. The van der Waals surface area contributed by atoms with E-state index >= 15 is 0 Å². The van der Waals surface area contributed by atoms with Gasteiger partial charge in [0.2, 0.25) is 10.0 Å². The number of nitrogens with two attached hydrogens (primary N) is 1. The van der Waals surface area contributed by atoms with Crippen molar-refractivity contribution in [3.8, 4) is 5.75 Å². The zero-order chi connectivity index (χ0) is 23.1. The molecule has 2 aromatic carbocycles. The van der Waals surface area contributed by atoms with Crippen LogP contribution in [0.15, 0.2) is 48.5 Å². The number of amidine groups is 1. The first kappa shape index (κ1) is 23.7. The highest BCUT2D eigenvalue weighted by Gasteiger charge is 2.20. The summed E-state index contributed by atoms with van der Waals surface area (Å²) in [7, 11) is -3.55. The Morgan fingerprint density at radius 1 is 1.25 bits per heavy atom. The van der Waals surface area contributed by atoms with Gasteiger partial charge >= 0.3 is 0 Å². The van der Waals surface area contributed by atoms with Crippen LogP contribution in [0.3, 0.4) is 0 Å². The van der Waals surface area contributed by atoms with Crippen LogP contribution in [-0.2, 0) is 10.0 Å². The summed E-state index contributed by atoms with van der Waals surface area (Å²) in [6, 6.07) is 11.1. The zero-order valence-electron chi connectivity index (χ0n) is 18.1. The average Bonchev–Trinajstić information content (AvgIpc) is 2.79. The van der Waals surface area contributed by atoms with Gasteiger partial charge in [-0.25, -0.2) is 12.8 Å². The van der Waals surface area contributed by atoms with Gasteiger partial charge in [0, 0.05) is 11.1 Å². The van der Waals surface area contributed by atoms with Crippen LogP contribution in [0.5, 0.6) is 5.75 Å². The molecule has 0 aromatic heterocycles. The highest BCUT2D eigenvalue weighted by Crippen LogP contribution is 2.24. The third kappa shape index (κ3) is 6.08. The van der Waals surface area contributed by atoms with Gasteiger partial charge in [-0.2, -0.15) is 0 Å². The molecule has 0 spiro atoms. The molecule has 1 fully saturated rings. The number of nitrogens with zero attached hydrogens (tertiary/aromatic N) is 1. The molecule has 0 saturated carbocycles. The van der Waals surface area contributed by atoms with Crippen LogP contribution in [0, 0.1) is 11.2 Å². The summed E-state index contributed by atoms with van der Waals surface area (Å²) in [6.45, 7) is 3.46. The van der Waals surface area contributed by atoms with E-state index in [1.807, 2.05) is 0 Å². The summed E-state index contributed by atoms with van der Waals surface area (Å²) in [5.41, 5.74) is 6.60. The molecule has 3 rings (SSSR count).